The Kier molecular flexibility index (Phi) is 8.05. The number of amides is 1. The Balaban J connectivity index is 1.38. The summed E-state index contributed by atoms with van der Waals surface area (Å²) >= 11 is 2.37. The van der Waals surface area contributed by atoms with Crippen LogP contribution < -0.4 is 14.5 Å². The molecule has 42 heavy (non-hydrogen) atoms. The molecule has 1 aromatic carbocycles. The van der Waals surface area contributed by atoms with Crippen LogP contribution in [0.2, 0.25) is 0 Å². The number of aryl methyl sites for hydroxylation is 2. The fourth-order valence-corrected chi connectivity index (χ4v) is 6.88. The number of hydrogen-bond acceptors (Lipinski definition) is 6. The van der Waals surface area contributed by atoms with Crippen molar-refractivity contribution < 1.29 is 19.4 Å². The molecule has 2 aromatic heterocycles. The molecular weight excluding hydrogens is 645 g/mol. The number of ether oxygens (including phenoxy) is 1. The number of nitrogens with zero attached hydrogens (tertiary/aromatic N) is 5. The number of aromatic nitrogens is 3. The molecule has 220 valence electrons. The molecule has 0 spiro atoms. The van der Waals surface area contributed by atoms with E-state index in [-0.39, 0.29) is 17.9 Å². The summed E-state index contributed by atoms with van der Waals surface area (Å²) in [6.45, 7) is 5.68. The van der Waals surface area contributed by atoms with Gasteiger partial charge in [0, 0.05) is 23.7 Å². The predicted molar refractivity (Wildman–Crippen MR) is 170 cm³/mol. The zero-order chi connectivity index (χ0) is 29.5. The van der Waals surface area contributed by atoms with Gasteiger partial charge in [0.05, 0.1) is 22.8 Å². The van der Waals surface area contributed by atoms with E-state index in [1.165, 1.54) is 19.3 Å². The molecule has 1 amide bonds. The van der Waals surface area contributed by atoms with Crippen LogP contribution in [-0.4, -0.2) is 50.9 Å². The van der Waals surface area contributed by atoms with Gasteiger partial charge in [0.1, 0.15) is 11.9 Å². The third-order valence-electron chi connectivity index (χ3n) is 8.97. The smallest absolute Gasteiger partial charge is 0.308 e. The number of aliphatic carboxylic acids is 1. The lowest BCUT2D eigenvalue weighted by Gasteiger charge is -2.29. The maximum atomic E-state index is 13.7. The molecule has 6 rings (SSSR count). The zero-order valence-corrected chi connectivity index (χ0v) is 26.4. The Labute approximate surface area is 259 Å². The number of benzene rings is 1. The van der Waals surface area contributed by atoms with Crippen molar-refractivity contribution >= 4 is 62.7 Å². The van der Waals surface area contributed by atoms with Crippen LogP contribution >= 0.6 is 22.6 Å². The molecule has 3 heterocycles. The molecule has 0 radical (unpaired) electrons. The zero-order valence-electron chi connectivity index (χ0n) is 24.3. The summed E-state index contributed by atoms with van der Waals surface area (Å²) in [6, 6.07) is 8.01. The van der Waals surface area contributed by atoms with E-state index >= 15 is 0 Å². The maximum absolute atomic E-state index is 13.7. The quantitative estimate of drug-likeness (QED) is 0.248. The number of anilines is 3. The average Bonchev–Trinajstić information content (AvgIpc) is 3.62. The normalized spacial score (nSPS) is 22.1. The minimum atomic E-state index is -0.745. The molecule has 3 aliphatic rings. The van der Waals surface area contributed by atoms with E-state index < -0.39 is 5.97 Å². The van der Waals surface area contributed by atoms with E-state index in [9.17, 15) is 14.7 Å². The average molecular weight is 682 g/mol. The van der Waals surface area contributed by atoms with Crippen LogP contribution in [0.15, 0.2) is 24.3 Å². The van der Waals surface area contributed by atoms with Gasteiger partial charge in [-0.05, 0) is 129 Å². The minimum Gasteiger partial charge on any atom is -0.481 e. The Morgan fingerprint density at radius 2 is 1.86 bits per heavy atom. The number of pyridine rings is 1. The summed E-state index contributed by atoms with van der Waals surface area (Å²) in [4.78, 5) is 34.1. The van der Waals surface area contributed by atoms with E-state index in [2.05, 4.69) is 63.5 Å². The van der Waals surface area contributed by atoms with Gasteiger partial charge in [0.25, 0.3) is 5.88 Å². The van der Waals surface area contributed by atoms with Crippen molar-refractivity contribution in [2.75, 3.05) is 22.9 Å². The molecular formula is C32H36IN5O4. The Morgan fingerprint density at radius 3 is 2.55 bits per heavy atom. The first-order valence-electron chi connectivity index (χ1n) is 14.8. The second kappa shape index (κ2) is 11.7. The Bertz CT molecular complexity index is 1600. The SMILES string of the molecule is CC#CC(=O)N(c1ccc2c(n1)c(OC1CCC(C(=O)O)CC1)nn2C)c1cc(C)c(I)cc1N1CC[C@H](C2CC2)C1. The molecule has 2 saturated carbocycles. The first-order chi connectivity index (χ1) is 20.2. The molecule has 9 nitrogen and oxygen atoms in total. The van der Waals surface area contributed by atoms with E-state index in [0.717, 1.165) is 45.0 Å². The standard InChI is InChI=1S/C32H36IN5O4/c1-4-5-29(39)38(27-16-19(2)24(33)17-26(27)37-15-14-22(18-37)20-6-7-20)28-13-12-25-30(34-28)31(35-36(25)3)42-23-10-8-21(9-11-23)32(40)41/h12-13,16-17,20-23H,6-11,14-15,18H2,1-3H3,(H,40,41)/t21?,22-,23?/m0/s1. The van der Waals surface area contributed by atoms with Crippen molar-refractivity contribution in [3.63, 3.8) is 0 Å². The van der Waals surface area contributed by atoms with E-state index in [1.807, 2.05) is 19.2 Å². The molecule has 1 aliphatic heterocycles. The number of hydrogen-bond donors (Lipinski definition) is 1. The first-order valence-corrected chi connectivity index (χ1v) is 15.9. The monoisotopic (exact) mass is 681 g/mol. The van der Waals surface area contributed by atoms with E-state index in [4.69, 9.17) is 9.72 Å². The van der Waals surface area contributed by atoms with Crippen molar-refractivity contribution in [2.45, 2.75) is 64.9 Å². The number of carbonyl (C=O) groups excluding carboxylic acids is 1. The lowest BCUT2D eigenvalue weighted by molar-refractivity contribution is -0.143. The van der Waals surface area contributed by atoms with Crippen molar-refractivity contribution in [1.29, 1.82) is 0 Å². The van der Waals surface area contributed by atoms with Crippen molar-refractivity contribution in [3.05, 3.63) is 33.4 Å². The summed E-state index contributed by atoms with van der Waals surface area (Å²) in [7, 11) is 1.84. The predicted octanol–water partition coefficient (Wildman–Crippen LogP) is 5.83. The summed E-state index contributed by atoms with van der Waals surface area (Å²) in [5.41, 5.74) is 4.24. The summed E-state index contributed by atoms with van der Waals surface area (Å²) in [5, 5.41) is 14.0. The molecule has 2 aliphatic carbocycles. The van der Waals surface area contributed by atoms with Gasteiger partial charge in [0.2, 0.25) is 0 Å². The minimum absolute atomic E-state index is 0.132. The fraction of sp³-hybridized carbons (Fsp3) is 0.500. The third-order valence-corrected chi connectivity index (χ3v) is 10.1. The van der Waals surface area contributed by atoms with Gasteiger partial charge in [-0.1, -0.05) is 5.92 Å². The number of carbonyl (C=O) groups is 2. The molecule has 1 saturated heterocycles. The molecule has 3 fully saturated rings. The number of fused-ring (bicyclic) bond motifs is 1. The van der Waals surface area contributed by atoms with Gasteiger partial charge in [0.15, 0.2) is 5.52 Å². The highest BCUT2D eigenvalue weighted by Gasteiger charge is 2.37. The van der Waals surface area contributed by atoms with Gasteiger partial charge in [-0.15, -0.1) is 5.10 Å². The topological polar surface area (TPSA) is 101 Å². The highest BCUT2D eigenvalue weighted by molar-refractivity contribution is 14.1. The van der Waals surface area contributed by atoms with E-state index in [1.54, 1.807) is 16.5 Å². The first kappa shape index (κ1) is 28.8. The fourth-order valence-electron chi connectivity index (χ4n) is 6.43. The molecule has 1 N–H and O–H groups in total. The van der Waals surface area contributed by atoms with Gasteiger partial charge in [-0.3, -0.25) is 19.2 Å². The number of carboxylic acids is 1. The van der Waals surface area contributed by atoms with Crippen molar-refractivity contribution in [1.82, 2.24) is 14.8 Å². The third kappa shape index (κ3) is 5.68. The van der Waals surface area contributed by atoms with Crippen LogP contribution in [0.25, 0.3) is 11.0 Å². The van der Waals surface area contributed by atoms with Crippen LogP contribution in [0.3, 0.4) is 0 Å². The summed E-state index contributed by atoms with van der Waals surface area (Å²) < 4.78 is 9.20. The van der Waals surface area contributed by atoms with Gasteiger partial charge in [-0.25, -0.2) is 4.98 Å². The van der Waals surface area contributed by atoms with Crippen LogP contribution in [0.5, 0.6) is 5.88 Å². The second-order valence-electron chi connectivity index (χ2n) is 11.8. The Hall–Kier alpha value is -3.33. The number of halogens is 1. The van der Waals surface area contributed by atoms with Crippen LogP contribution in [0.1, 0.15) is 57.4 Å². The highest BCUT2D eigenvalue weighted by atomic mass is 127. The number of carboxylic acid groups (broad SMARTS) is 1. The van der Waals surface area contributed by atoms with Gasteiger partial charge in [-0.2, -0.15) is 0 Å². The van der Waals surface area contributed by atoms with Crippen molar-refractivity contribution in [2.24, 2.45) is 24.8 Å². The van der Waals surface area contributed by atoms with Gasteiger partial charge >= 0.3 is 11.9 Å². The molecule has 3 aromatic rings. The summed E-state index contributed by atoms with van der Waals surface area (Å²) in [6.07, 6.45) is 6.15. The lowest BCUT2D eigenvalue weighted by atomic mass is 9.87. The van der Waals surface area contributed by atoms with Crippen LogP contribution in [-0.2, 0) is 16.6 Å². The molecule has 0 unspecified atom stereocenters. The Morgan fingerprint density at radius 1 is 1.10 bits per heavy atom. The maximum Gasteiger partial charge on any atom is 0.308 e. The molecule has 0 bridgehead atoms. The number of rotatable bonds is 7. The largest absolute Gasteiger partial charge is 0.481 e. The van der Waals surface area contributed by atoms with Gasteiger partial charge < -0.3 is 14.7 Å². The highest BCUT2D eigenvalue weighted by Crippen LogP contribution is 2.45. The van der Waals surface area contributed by atoms with E-state index in [0.29, 0.717) is 48.8 Å². The molecule has 10 heteroatoms. The molecule has 1 atom stereocenters. The van der Waals surface area contributed by atoms with Crippen LogP contribution in [0.4, 0.5) is 17.2 Å². The van der Waals surface area contributed by atoms with Crippen molar-refractivity contribution in [3.8, 4) is 17.7 Å². The summed E-state index contributed by atoms with van der Waals surface area (Å²) in [5.74, 6) is 6.52. The van der Waals surface area contributed by atoms with Crippen LogP contribution in [0, 0.1) is 40.1 Å². The lowest BCUT2D eigenvalue weighted by Crippen LogP contribution is -2.29. The second-order valence-corrected chi connectivity index (χ2v) is 13.0.